The van der Waals surface area contributed by atoms with Crippen LogP contribution in [-0.4, -0.2) is 73.0 Å². The number of nitrogens with two attached hydrogens (primary N) is 1. The number of amides is 1. The van der Waals surface area contributed by atoms with Crippen LogP contribution in [0.5, 0.6) is 0 Å². The number of aryl methyl sites for hydroxylation is 1. The van der Waals surface area contributed by atoms with Crippen LogP contribution in [-0.2, 0) is 22.4 Å². The lowest BCUT2D eigenvalue weighted by atomic mass is 10.00. The molecule has 12 nitrogen and oxygen atoms in total. The number of fused-ring (bicyclic) bond motifs is 1. The summed E-state index contributed by atoms with van der Waals surface area (Å²) in [5.41, 5.74) is 16.9. The smallest absolute Gasteiger partial charge is 0.244 e. The van der Waals surface area contributed by atoms with Gasteiger partial charge in [0.15, 0.2) is 0 Å². The van der Waals surface area contributed by atoms with E-state index in [-0.39, 0.29) is 30.0 Å². The number of nitrogens with one attached hydrogen (secondary N) is 3. The molecule has 13 heteroatoms. The number of ether oxygens (including phenoxy) is 1. The van der Waals surface area contributed by atoms with Crippen molar-refractivity contribution in [2.45, 2.75) is 76.5 Å². The van der Waals surface area contributed by atoms with Crippen molar-refractivity contribution in [2.24, 2.45) is 11.7 Å². The van der Waals surface area contributed by atoms with Crippen LogP contribution in [0.15, 0.2) is 91.4 Å². The minimum absolute atomic E-state index is 0.0142. The molecular weight excluding hydrogens is 750 g/mol. The SMILES string of the molecule is C=C(C(NC(O)OC)C(C)C)N1CCCC1c1nc(-c2ccc(-c3ccc4cc(-c5cnc(C6Cc7cccc8c7N6C(=O)C(N)CC8)[nH]5)cnc4c3)cc2)c(Cl)[nH]1. The van der Waals surface area contributed by atoms with Crippen molar-refractivity contribution in [3.63, 3.8) is 0 Å². The Morgan fingerprint density at radius 2 is 1.74 bits per heavy atom. The van der Waals surface area contributed by atoms with Gasteiger partial charge in [-0.15, -0.1) is 0 Å². The number of aromatic nitrogens is 5. The van der Waals surface area contributed by atoms with E-state index < -0.39 is 12.5 Å². The largest absolute Gasteiger partial charge is 0.364 e. The van der Waals surface area contributed by atoms with Crippen molar-refractivity contribution in [3.8, 4) is 33.6 Å². The van der Waals surface area contributed by atoms with Gasteiger partial charge in [0.25, 0.3) is 0 Å². The van der Waals surface area contributed by atoms with E-state index in [1.807, 2.05) is 29.4 Å². The van der Waals surface area contributed by atoms with Crippen molar-refractivity contribution in [3.05, 3.63) is 119 Å². The van der Waals surface area contributed by atoms with Gasteiger partial charge in [0.05, 0.1) is 47.3 Å². The highest BCUT2D eigenvalue weighted by molar-refractivity contribution is 6.31. The summed E-state index contributed by atoms with van der Waals surface area (Å²) in [6.07, 6.45) is 6.62. The fourth-order valence-corrected chi connectivity index (χ4v) is 9.23. The zero-order valence-electron chi connectivity index (χ0n) is 32.9. The number of rotatable bonds is 11. The lowest BCUT2D eigenvalue weighted by Crippen LogP contribution is -2.47. The molecule has 1 fully saturated rings. The molecule has 5 atom stereocenters. The molecule has 1 amide bonds. The van der Waals surface area contributed by atoms with Crippen molar-refractivity contribution in [1.29, 1.82) is 0 Å². The van der Waals surface area contributed by atoms with Crippen molar-refractivity contribution in [1.82, 2.24) is 35.1 Å². The van der Waals surface area contributed by atoms with Gasteiger partial charge < -0.3 is 30.4 Å². The average Bonchev–Trinajstić information content (AvgIpc) is 4.05. The molecule has 1 saturated heterocycles. The monoisotopic (exact) mass is 797 g/mol. The van der Waals surface area contributed by atoms with E-state index in [1.165, 1.54) is 12.7 Å². The molecule has 298 valence electrons. The molecule has 6 heterocycles. The fraction of sp³-hybridized carbons (Fsp3) is 0.333. The number of para-hydroxylation sites is 1. The number of aromatic amines is 2. The average molecular weight is 798 g/mol. The van der Waals surface area contributed by atoms with Gasteiger partial charge in [-0.2, -0.15) is 0 Å². The van der Waals surface area contributed by atoms with Crippen LogP contribution in [0.2, 0.25) is 5.15 Å². The minimum atomic E-state index is -1.08. The third kappa shape index (κ3) is 6.88. The Morgan fingerprint density at radius 1 is 0.966 bits per heavy atom. The molecule has 0 spiro atoms. The Kier molecular flexibility index (Phi) is 10.1. The summed E-state index contributed by atoms with van der Waals surface area (Å²) < 4.78 is 5.07. The van der Waals surface area contributed by atoms with Crippen LogP contribution in [0, 0.1) is 5.92 Å². The van der Waals surface area contributed by atoms with E-state index in [9.17, 15) is 9.90 Å². The Hall–Kier alpha value is -5.37. The van der Waals surface area contributed by atoms with Crippen molar-refractivity contribution < 1.29 is 14.6 Å². The summed E-state index contributed by atoms with van der Waals surface area (Å²) in [6, 6.07) is 22.0. The third-order valence-electron chi connectivity index (χ3n) is 12.0. The number of methoxy groups -OCH3 is 1. The molecule has 3 aromatic carbocycles. The zero-order valence-corrected chi connectivity index (χ0v) is 33.6. The molecular formula is C45H48ClN9O3. The Bertz CT molecular complexity index is 2510. The minimum Gasteiger partial charge on any atom is -0.364 e. The number of carbonyl (C=O) groups excluding carboxylic acids is 1. The predicted molar refractivity (Wildman–Crippen MR) is 227 cm³/mol. The van der Waals surface area contributed by atoms with Crippen molar-refractivity contribution >= 4 is 34.1 Å². The number of halogens is 1. The molecule has 5 unspecified atom stereocenters. The number of imidazole rings is 2. The third-order valence-corrected chi connectivity index (χ3v) is 12.3. The Labute approximate surface area is 342 Å². The maximum atomic E-state index is 13.5. The first-order valence-electron chi connectivity index (χ1n) is 20.0. The zero-order chi connectivity index (χ0) is 40.2. The van der Waals surface area contributed by atoms with Gasteiger partial charge in [0.1, 0.15) is 22.5 Å². The van der Waals surface area contributed by atoms with E-state index in [2.05, 4.69) is 95.2 Å². The number of hydrogen-bond donors (Lipinski definition) is 5. The summed E-state index contributed by atoms with van der Waals surface area (Å²) in [6.45, 7) is 9.43. The highest BCUT2D eigenvalue weighted by Crippen LogP contribution is 2.45. The summed E-state index contributed by atoms with van der Waals surface area (Å²) in [4.78, 5) is 39.1. The maximum Gasteiger partial charge on any atom is 0.244 e. The maximum absolute atomic E-state index is 13.5. The molecule has 3 aliphatic heterocycles. The van der Waals surface area contributed by atoms with Gasteiger partial charge in [0.2, 0.25) is 12.3 Å². The van der Waals surface area contributed by atoms with Gasteiger partial charge in [-0.3, -0.25) is 20.0 Å². The molecule has 3 aliphatic rings. The number of hydrogen-bond acceptors (Lipinski definition) is 9. The van der Waals surface area contributed by atoms with Crippen LogP contribution in [0.1, 0.15) is 68.0 Å². The lowest BCUT2D eigenvalue weighted by molar-refractivity contribution is -0.120. The Morgan fingerprint density at radius 3 is 2.53 bits per heavy atom. The van der Waals surface area contributed by atoms with E-state index in [1.54, 1.807) is 0 Å². The highest BCUT2D eigenvalue weighted by atomic mass is 35.5. The molecule has 9 rings (SSSR count). The second-order valence-electron chi connectivity index (χ2n) is 16.0. The first kappa shape index (κ1) is 38.2. The number of likely N-dealkylation sites (tertiary alicyclic amines) is 1. The topological polar surface area (TPSA) is 161 Å². The normalized spacial score (nSPS) is 20.2. The lowest BCUT2D eigenvalue weighted by Gasteiger charge is -2.35. The molecule has 3 aromatic heterocycles. The Balaban J connectivity index is 0.909. The quantitative estimate of drug-likeness (QED) is 0.0841. The van der Waals surface area contributed by atoms with E-state index in [0.717, 1.165) is 93.3 Å². The standard InChI is InChI=1S/C45H48ClN9O3/c1-24(2)38(52-45(57)58-4)25(3)54-18-6-9-36(54)43-51-39(41(46)53-43)27-12-10-26(11-13-27)29-14-15-30-19-32(22-48-34(30)20-29)35-23-49-42(50-35)37-21-31-8-5-7-28-16-17-33(47)44(56)55(37)40(28)31/h5,7-8,10-15,19-20,22-24,33,36-38,45,52,57H,3,6,9,16-18,21,47H2,1-2,4H3,(H,49,50)(H,51,53). The highest BCUT2D eigenvalue weighted by Gasteiger charge is 2.41. The molecule has 0 saturated carbocycles. The van der Waals surface area contributed by atoms with E-state index in [0.29, 0.717) is 23.7 Å². The summed E-state index contributed by atoms with van der Waals surface area (Å²) in [7, 11) is 1.46. The van der Waals surface area contributed by atoms with Crippen LogP contribution in [0.3, 0.4) is 0 Å². The number of pyridine rings is 1. The number of anilines is 1. The number of nitrogens with zero attached hydrogens (tertiary/aromatic N) is 5. The van der Waals surface area contributed by atoms with Gasteiger partial charge in [-0.25, -0.2) is 9.97 Å². The summed E-state index contributed by atoms with van der Waals surface area (Å²) >= 11 is 6.80. The first-order chi connectivity index (χ1) is 28.1. The second kappa shape index (κ2) is 15.4. The number of benzene rings is 3. The van der Waals surface area contributed by atoms with Gasteiger partial charge in [-0.05, 0) is 66.0 Å². The molecule has 0 radical (unpaired) electrons. The van der Waals surface area contributed by atoms with Crippen LogP contribution in [0.4, 0.5) is 5.69 Å². The van der Waals surface area contributed by atoms with Crippen LogP contribution < -0.4 is 16.0 Å². The number of carbonyl (C=O) groups is 1. The predicted octanol–water partition coefficient (Wildman–Crippen LogP) is 7.43. The summed E-state index contributed by atoms with van der Waals surface area (Å²) in [5, 5.41) is 14.8. The molecule has 6 aromatic rings. The first-order valence-corrected chi connectivity index (χ1v) is 20.4. The van der Waals surface area contributed by atoms with Gasteiger partial charge in [0, 0.05) is 48.5 Å². The van der Waals surface area contributed by atoms with Crippen molar-refractivity contribution in [2.75, 3.05) is 18.6 Å². The van der Waals surface area contributed by atoms with Gasteiger partial charge >= 0.3 is 0 Å². The van der Waals surface area contributed by atoms with E-state index >= 15 is 0 Å². The van der Waals surface area contributed by atoms with Crippen LogP contribution in [0.25, 0.3) is 44.5 Å². The molecule has 0 aliphatic carbocycles. The molecule has 58 heavy (non-hydrogen) atoms. The number of aliphatic hydroxyl groups excluding tert-OH is 1. The molecule has 0 bridgehead atoms. The fourth-order valence-electron chi connectivity index (χ4n) is 8.98. The number of H-pyrrole nitrogens is 2. The summed E-state index contributed by atoms with van der Waals surface area (Å²) in [5.74, 6) is 1.67. The molecule has 6 N–H and O–H groups in total. The second-order valence-corrected chi connectivity index (χ2v) is 16.4. The van der Waals surface area contributed by atoms with E-state index in [4.69, 9.17) is 37.0 Å². The van der Waals surface area contributed by atoms with Crippen LogP contribution >= 0.6 is 11.6 Å². The number of aliphatic hydroxyl groups is 1. The van der Waals surface area contributed by atoms with Gasteiger partial charge in [-0.1, -0.05) is 86.6 Å².